The summed E-state index contributed by atoms with van der Waals surface area (Å²) in [4.78, 5) is 37.1. The Labute approximate surface area is 168 Å². The Morgan fingerprint density at radius 1 is 1.07 bits per heavy atom. The Bertz CT molecular complexity index is 838. The van der Waals surface area contributed by atoms with Gasteiger partial charge in [-0.1, -0.05) is 23.7 Å². The van der Waals surface area contributed by atoms with E-state index >= 15 is 0 Å². The molecule has 0 aromatic heterocycles. The number of ether oxygens (including phenoxy) is 1. The van der Waals surface area contributed by atoms with E-state index in [0.29, 0.717) is 16.3 Å². The van der Waals surface area contributed by atoms with Gasteiger partial charge in [0.25, 0.3) is 5.91 Å². The van der Waals surface area contributed by atoms with Gasteiger partial charge in [0.15, 0.2) is 0 Å². The molecular weight excluding hydrogens is 382 g/mol. The summed E-state index contributed by atoms with van der Waals surface area (Å²) in [5.41, 5.74) is 1.87. The SMILES string of the molecule is COC(=O)CNC(=O)c1ccc(NC(=O)N(C)[C@@H](C)c2ccc(Cl)cc2)cc1. The molecule has 2 aromatic carbocycles. The van der Waals surface area contributed by atoms with Crippen LogP contribution < -0.4 is 10.6 Å². The molecule has 0 heterocycles. The molecule has 2 N–H and O–H groups in total. The first-order chi connectivity index (χ1) is 13.3. The number of anilines is 1. The number of esters is 1. The highest BCUT2D eigenvalue weighted by molar-refractivity contribution is 6.30. The largest absolute Gasteiger partial charge is 0.468 e. The van der Waals surface area contributed by atoms with E-state index in [2.05, 4.69) is 15.4 Å². The molecule has 1 atom stereocenters. The number of hydrogen-bond acceptors (Lipinski definition) is 4. The molecule has 0 saturated heterocycles. The fourth-order valence-electron chi connectivity index (χ4n) is 2.38. The molecule has 8 heteroatoms. The molecule has 0 aliphatic heterocycles. The molecule has 0 unspecified atom stereocenters. The minimum atomic E-state index is -0.532. The first-order valence-electron chi connectivity index (χ1n) is 8.56. The van der Waals surface area contributed by atoms with Crippen molar-refractivity contribution in [1.82, 2.24) is 10.2 Å². The molecule has 0 radical (unpaired) electrons. The molecule has 3 amide bonds. The summed E-state index contributed by atoms with van der Waals surface area (Å²) in [5.74, 6) is -0.938. The number of carbonyl (C=O) groups excluding carboxylic acids is 3. The normalized spacial score (nSPS) is 11.3. The summed E-state index contributed by atoms with van der Waals surface area (Å²) in [6, 6.07) is 13.2. The van der Waals surface area contributed by atoms with E-state index in [4.69, 9.17) is 11.6 Å². The number of nitrogens with one attached hydrogen (secondary N) is 2. The quantitative estimate of drug-likeness (QED) is 0.723. The van der Waals surface area contributed by atoms with Gasteiger partial charge in [-0.15, -0.1) is 0 Å². The van der Waals surface area contributed by atoms with Gasteiger partial charge in [-0.3, -0.25) is 9.59 Å². The van der Waals surface area contributed by atoms with Crippen molar-refractivity contribution in [3.63, 3.8) is 0 Å². The summed E-state index contributed by atoms with van der Waals surface area (Å²) in [7, 11) is 2.94. The maximum Gasteiger partial charge on any atom is 0.325 e. The number of amides is 3. The van der Waals surface area contributed by atoms with Crippen molar-refractivity contribution in [3.8, 4) is 0 Å². The molecule has 0 aliphatic rings. The van der Waals surface area contributed by atoms with Crippen molar-refractivity contribution in [2.24, 2.45) is 0 Å². The van der Waals surface area contributed by atoms with Gasteiger partial charge < -0.3 is 20.3 Å². The molecule has 0 fully saturated rings. The Morgan fingerprint density at radius 2 is 1.68 bits per heavy atom. The third kappa shape index (κ3) is 5.72. The van der Waals surface area contributed by atoms with E-state index in [1.165, 1.54) is 7.11 Å². The Kier molecular flexibility index (Phi) is 7.40. The van der Waals surface area contributed by atoms with Crippen LogP contribution in [0.25, 0.3) is 0 Å². The van der Waals surface area contributed by atoms with Gasteiger partial charge in [-0.25, -0.2) is 4.79 Å². The lowest BCUT2D eigenvalue weighted by molar-refractivity contribution is -0.139. The summed E-state index contributed by atoms with van der Waals surface area (Å²) in [5, 5.41) is 5.87. The van der Waals surface area contributed by atoms with Gasteiger partial charge in [0.2, 0.25) is 0 Å². The average molecular weight is 404 g/mol. The van der Waals surface area contributed by atoms with Gasteiger partial charge in [-0.2, -0.15) is 0 Å². The number of hydrogen-bond donors (Lipinski definition) is 2. The van der Waals surface area contributed by atoms with Crippen molar-refractivity contribution in [2.75, 3.05) is 26.0 Å². The van der Waals surface area contributed by atoms with Crippen molar-refractivity contribution in [3.05, 3.63) is 64.7 Å². The van der Waals surface area contributed by atoms with Gasteiger partial charge in [0, 0.05) is 23.3 Å². The van der Waals surface area contributed by atoms with Crippen molar-refractivity contribution < 1.29 is 19.1 Å². The highest BCUT2D eigenvalue weighted by Crippen LogP contribution is 2.21. The van der Waals surface area contributed by atoms with Gasteiger partial charge in [0.1, 0.15) is 6.54 Å². The Morgan fingerprint density at radius 3 is 2.25 bits per heavy atom. The summed E-state index contributed by atoms with van der Waals surface area (Å²) in [6.45, 7) is 1.71. The monoisotopic (exact) mass is 403 g/mol. The zero-order valence-electron chi connectivity index (χ0n) is 15.9. The fourth-order valence-corrected chi connectivity index (χ4v) is 2.51. The van der Waals surface area contributed by atoms with E-state index in [-0.39, 0.29) is 18.6 Å². The maximum absolute atomic E-state index is 12.5. The van der Waals surface area contributed by atoms with Crippen LogP contribution in [0.15, 0.2) is 48.5 Å². The lowest BCUT2D eigenvalue weighted by Gasteiger charge is -2.25. The molecule has 0 bridgehead atoms. The van der Waals surface area contributed by atoms with Crippen LogP contribution in [0.1, 0.15) is 28.9 Å². The molecule has 28 heavy (non-hydrogen) atoms. The van der Waals surface area contributed by atoms with E-state index < -0.39 is 11.9 Å². The van der Waals surface area contributed by atoms with Crippen LogP contribution >= 0.6 is 11.6 Å². The number of urea groups is 1. The maximum atomic E-state index is 12.5. The van der Waals surface area contributed by atoms with E-state index in [1.54, 1.807) is 48.3 Å². The third-order valence-electron chi connectivity index (χ3n) is 4.27. The first-order valence-corrected chi connectivity index (χ1v) is 8.94. The van der Waals surface area contributed by atoms with E-state index in [1.807, 2.05) is 19.1 Å². The highest BCUT2D eigenvalue weighted by atomic mass is 35.5. The van der Waals surface area contributed by atoms with Gasteiger partial charge in [0.05, 0.1) is 13.2 Å². The lowest BCUT2D eigenvalue weighted by atomic mass is 10.1. The van der Waals surface area contributed by atoms with Crippen LogP contribution in [0.3, 0.4) is 0 Å². The number of rotatable bonds is 6. The van der Waals surface area contributed by atoms with Crippen LogP contribution in [0.4, 0.5) is 10.5 Å². The van der Waals surface area contributed by atoms with Gasteiger partial charge >= 0.3 is 12.0 Å². The zero-order chi connectivity index (χ0) is 20.7. The standard InChI is InChI=1S/C20H22ClN3O4/c1-13(14-4-8-16(21)9-5-14)24(2)20(27)23-17-10-6-15(7-11-17)19(26)22-12-18(25)28-3/h4-11,13H,12H2,1-3H3,(H,22,26)(H,23,27)/t13-/m0/s1. The number of halogens is 1. The molecule has 148 valence electrons. The van der Waals surface area contributed by atoms with Crippen LogP contribution in [0.2, 0.25) is 5.02 Å². The number of benzene rings is 2. The molecule has 2 rings (SSSR count). The summed E-state index contributed by atoms with van der Waals surface area (Å²) in [6.07, 6.45) is 0. The molecule has 0 saturated carbocycles. The smallest absolute Gasteiger partial charge is 0.325 e. The van der Waals surface area contributed by atoms with Crippen LogP contribution in [0.5, 0.6) is 0 Å². The minimum Gasteiger partial charge on any atom is -0.468 e. The summed E-state index contributed by atoms with van der Waals surface area (Å²) >= 11 is 5.90. The zero-order valence-corrected chi connectivity index (χ0v) is 16.6. The molecule has 0 spiro atoms. The molecule has 0 aliphatic carbocycles. The second-order valence-electron chi connectivity index (χ2n) is 6.10. The molecule has 2 aromatic rings. The van der Waals surface area contributed by atoms with Gasteiger partial charge in [-0.05, 0) is 48.9 Å². The second-order valence-corrected chi connectivity index (χ2v) is 6.54. The fraction of sp³-hybridized carbons (Fsp3) is 0.250. The van der Waals surface area contributed by atoms with E-state index in [0.717, 1.165) is 5.56 Å². The van der Waals surface area contributed by atoms with Crippen LogP contribution in [-0.4, -0.2) is 43.5 Å². The topological polar surface area (TPSA) is 87.7 Å². The molecular formula is C20H22ClN3O4. The number of carbonyl (C=O) groups is 3. The average Bonchev–Trinajstić information content (AvgIpc) is 2.71. The van der Waals surface area contributed by atoms with Crippen LogP contribution in [0, 0.1) is 0 Å². The van der Waals surface area contributed by atoms with Crippen molar-refractivity contribution in [2.45, 2.75) is 13.0 Å². The highest BCUT2D eigenvalue weighted by Gasteiger charge is 2.17. The van der Waals surface area contributed by atoms with Crippen molar-refractivity contribution in [1.29, 1.82) is 0 Å². The third-order valence-corrected chi connectivity index (χ3v) is 4.52. The lowest BCUT2D eigenvalue weighted by Crippen LogP contribution is -2.33. The van der Waals surface area contributed by atoms with Crippen LogP contribution in [-0.2, 0) is 9.53 Å². The predicted octanol–water partition coefficient (Wildman–Crippen LogP) is 3.47. The second kappa shape index (κ2) is 9.75. The first kappa shape index (κ1) is 21.2. The number of nitrogens with zero attached hydrogens (tertiary/aromatic N) is 1. The van der Waals surface area contributed by atoms with Crippen molar-refractivity contribution >= 4 is 35.2 Å². The summed E-state index contributed by atoms with van der Waals surface area (Å²) < 4.78 is 4.47. The predicted molar refractivity (Wildman–Crippen MR) is 107 cm³/mol. The van der Waals surface area contributed by atoms with E-state index in [9.17, 15) is 14.4 Å². The molecule has 7 nitrogen and oxygen atoms in total. The Balaban J connectivity index is 1.95. The Hall–Kier alpha value is -3.06. The minimum absolute atomic E-state index is 0.152. The number of methoxy groups -OCH3 is 1.